The van der Waals surface area contributed by atoms with Gasteiger partial charge >= 0.3 is 0 Å². The van der Waals surface area contributed by atoms with E-state index >= 15 is 0 Å². The van der Waals surface area contributed by atoms with Crippen LogP contribution >= 0.6 is 0 Å². The number of rotatable bonds is 3. The molecule has 3 atom stereocenters. The monoisotopic (exact) mass is 253 g/mol. The lowest BCUT2D eigenvalue weighted by molar-refractivity contribution is 0.00612. The smallest absolute Gasteiger partial charge is 0.127 e. The first-order chi connectivity index (χ1) is 8.58. The molecule has 1 fully saturated rings. The molecule has 2 rings (SSSR count). The second kappa shape index (κ2) is 5.67. The summed E-state index contributed by atoms with van der Waals surface area (Å²) in [5.41, 5.74) is 6.61. The normalized spacial score (nSPS) is 25.8. The largest absolute Gasteiger partial charge is 0.487 e. The van der Waals surface area contributed by atoms with Crippen LogP contribution < -0.4 is 10.5 Å². The first-order valence-electron chi connectivity index (χ1n) is 6.47. The Morgan fingerprint density at radius 2 is 2.11 bits per heavy atom. The van der Waals surface area contributed by atoms with E-state index in [0.29, 0.717) is 5.75 Å². The maximum Gasteiger partial charge on any atom is 0.127 e. The van der Waals surface area contributed by atoms with Crippen molar-refractivity contribution in [1.82, 2.24) is 0 Å². The molecule has 0 bridgehead atoms. The van der Waals surface area contributed by atoms with Gasteiger partial charge in [0.15, 0.2) is 0 Å². The summed E-state index contributed by atoms with van der Waals surface area (Å²) < 4.78 is 19.0. The number of aliphatic hydroxyl groups is 1. The summed E-state index contributed by atoms with van der Waals surface area (Å²) in [5.74, 6) is 0.107. The van der Waals surface area contributed by atoms with E-state index in [9.17, 15) is 9.50 Å². The number of aliphatic hydroxyl groups excluding tert-OH is 1. The highest BCUT2D eigenvalue weighted by Crippen LogP contribution is 2.29. The summed E-state index contributed by atoms with van der Waals surface area (Å²) in [6.45, 7) is 1.83. The fraction of sp³-hybridized carbons (Fsp3) is 0.571. The van der Waals surface area contributed by atoms with Crippen molar-refractivity contribution >= 4 is 0 Å². The average Bonchev–Trinajstić information content (AvgIpc) is 2.32. The number of benzene rings is 1. The minimum absolute atomic E-state index is 0.221. The van der Waals surface area contributed by atoms with Crippen molar-refractivity contribution in [1.29, 1.82) is 0 Å². The standard InChI is InChI=1S/C14H20FNO2/c1-9(16)11-7-6-10(15)8-14(11)18-13-5-3-2-4-12(13)17/h6-9,12-13,17H,2-5,16H2,1H3/t9-,12?,13?/m0/s1. The molecule has 100 valence electrons. The van der Waals surface area contributed by atoms with Gasteiger partial charge in [0.25, 0.3) is 0 Å². The van der Waals surface area contributed by atoms with Crippen molar-refractivity contribution < 1.29 is 14.2 Å². The molecule has 0 heterocycles. The van der Waals surface area contributed by atoms with Crippen LogP contribution in [0.3, 0.4) is 0 Å². The topological polar surface area (TPSA) is 55.5 Å². The van der Waals surface area contributed by atoms with Gasteiger partial charge < -0.3 is 15.6 Å². The van der Waals surface area contributed by atoms with Gasteiger partial charge in [-0.15, -0.1) is 0 Å². The first kappa shape index (κ1) is 13.3. The van der Waals surface area contributed by atoms with E-state index in [1.165, 1.54) is 12.1 Å². The van der Waals surface area contributed by atoms with Crippen LogP contribution in [0.1, 0.15) is 44.2 Å². The molecule has 3 N–H and O–H groups in total. The molecule has 2 unspecified atom stereocenters. The van der Waals surface area contributed by atoms with Gasteiger partial charge in [0.2, 0.25) is 0 Å². The summed E-state index contributed by atoms with van der Waals surface area (Å²) in [5, 5.41) is 9.88. The van der Waals surface area contributed by atoms with Crippen LogP contribution in [0.15, 0.2) is 18.2 Å². The molecule has 4 heteroatoms. The van der Waals surface area contributed by atoms with Gasteiger partial charge in [-0.05, 0) is 32.3 Å². The highest BCUT2D eigenvalue weighted by Gasteiger charge is 2.25. The SMILES string of the molecule is C[C@H](N)c1ccc(F)cc1OC1CCCCC1O. The number of hydrogen-bond acceptors (Lipinski definition) is 3. The Hall–Kier alpha value is -1.13. The molecule has 0 saturated heterocycles. The quantitative estimate of drug-likeness (QED) is 0.870. The molecular formula is C14H20FNO2. The average molecular weight is 253 g/mol. The van der Waals surface area contributed by atoms with Crippen LogP contribution in [0.2, 0.25) is 0 Å². The Bertz CT molecular complexity index is 409. The van der Waals surface area contributed by atoms with E-state index in [2.05, 4.69) is 0 Å². The number of ether oxygens (including phenoxy) is 1. The van der Waals surface area contributed by atoms with E-state index in [4.69, 9.17) is 10.5 Å². The van der Waals surface area contributed by atoms with Gasteiger partial charge in [0, 0.05) is 17.7 Å². The molecule has 18 heavy (non-hydrogen) atoms. The van der Waals surface area contributed by atoms with Crippen molar-refractivity contribution in [3.05, 3.63) is 29.6 Å². The summed E-state index contributed by atoms with van der Waals surface area (Å²) in [6, 6.07) is 4.15. The maximum atomic E-state index is 13.3. The summed E-state index contributed by atoms with van der Waals surface area (Å²) >= 11 is 0. The van der Waals surface area contributed by atoms with E-state index in [1.54, 1.807) is 6.07 Å². The molecule has 3 nitrogen and oxygen atoms in total. The van der Waals surface area contributed by atoms with E-state index in [0.717, 1.165) is 31.2 Å². The predicted octanol–water partition coefficient (Wildman–Crippen LogP) is 2.53. The van der Waals surface area contributed by atoms with E-state index in [-0.39, 0.29) is 18.0 Å². The molecule has 0 radical (unpaired) electrons. The summed E-state index contributed by atoms with van der Waals surface area (Å²) in [4.78, 5) is 0. The van der Waals surface area contributed by atoms with Crippen molar-refractivity contribution in [3.8, 4) is 5.75 Å². The summed E-state index contributed by atoms with van der Waals surface area (Å²) in [6.07, 6.45) is 2.87. The third-order valence-electron chi connectivity index (χ3n) is 3.41. The second-order valence-electron chi connectivity index (χ2n) is 4.98. The molecule has 0 aromatic heterocycles. The maximum absolute atomic E-state index is 13.3. The molecule has 0 amide bonds. The molecule has 0 aliphatic heterocycles. The Morgan fingerprint density at radius 3 is 2.78 bits per heavy atom. The molecular weight excluding hydrogens is 233 g/mol. The van der Waals surface area contributed by atoms with Gasteiger partial charge in [-0.1, -0.05) is 12.5 Å². The van der Waals surface area contributed by atoms with Crippen LogP contribution in [-0.2, 0) is 0 Å². The lowest BCUT2D eigenvalue weighted by Gasteiger charge is -2.29. The molecule has 1 aromatic rings. The zero-order valence-corrected chi connectivity index (χ0v) is 10.6. The number of hydrogen-bond donors (Lipinski definition) is 2. The highest BCUT2D eigenvalue weighted by molar-refractivity contribution is 5.36. The molecule has 1 saturated carbocycles. The van der Waals surface area contributed by atoms with Crippen molar-refractivity contribution in [3.63, 3.8) is 0 Å². The lowest BCUT2D eigenvalue weighted by atomic mass is 9.94. The van der Waals surface area contributed by atoms with Gasteiger partial charge in [0.1, 0.15) is 17.7 Å². The van der Waals surface area contributed by atoms with Crippen LogP contribution in [0, 0.1) is 5.82 Å². The molecule has 1 aromatic carbocycles. The molecule has 1 aliphatic carbocycles. The number of halogens is 1. The van der Waals surface area contributed by atoms with Gasteiger partial charge in [-0.2, -0.15) is 0 Å². The zero-order valence-electron chi connectivity index (χ0n) is 10.6. The number of nitrogens with two attached hydrogens (primary N) is 1. The van der Waals surface area contributed by atoms with Crippen molar-refractivity contribution in [2.75, 3.05) is 0 Å². The van der Waals surface area contributed by atoms with Crippen LogP contribution in [-0.4, -0.2) is 17.3 Å². The Balaban J connectivity index is 2.18. The van der Waals surface area contributed by atoms with Crippen LogP contribution in [0.5, 0.6) is 5.75 Å². The fourth-order valence-electron chi connectivity index (χ4n) is 2.36. The minimum Gasteiger partial charge on any atom is -0.487 e. The second-order valence-corrected chi connectivity index (χ2v) is 4.98. The Morgan fingerprint density at radius 1 is 1.39 bits per heavy atom. The Labute approximate surface area is 107 Å². The first-order valence-corrected chi connectivity index (χ1v) is 6.47. The van der Waals surface area contributed by atoms with E-state index < -0.39 is 6.10 Å². The van der Waals surface area contributed by atoms with E-state index in [1.807, 2.05) is 6.92 Å². The fourth-order valence-corrected chi connectivity index (χ4v) is 2.36. The third-order valence-corrected chi connectivity index (χ3v) is 3.41. The summed E-state index contributed by atoms with van der Waals surface area (Å²) in [7, 11) is 0. The lowest BCUT2D eigenvalue weighted by Crippen LogP contribution is -2.35. The van der Waals surface area contributed by atoms with Gasteiger partial charge in [0.05, 0.1) is 6.10 Å². The third kappa shape index (κ3) is 3.00. The van der Waals surface area contributed by atoms with Crippen molar-refractivity contribution in [2.24, 2.45) is 5.73 Å². The minimum atomic E-state index is -0.469. The van der Waals surface area contributed by atoms with Crippen LogP contribution in [0.4, 0.5) is 4.39 Å². The highest BCUT2D eigenvalue weighted by atomic mass is 19.1. The van der Waals surface area contributed by atoms with Gasteiger partial charge in [-0.25, -0.2) is 4.39 Å². The zero-order chi connectivity index (χ0) is 13.1. The molecule has 1 aliphatic rings. The molecule has 0 spiro atoms. The Kier molecular flexibility index (Phi) is 4.19. The van der Waals surface area contributed by atoms with Crippen LogP contribution in [0.25, 0.3) is 0 Å². The predicted molar refractivity (Wildman–Crippen MR) is 67.9 cm³/mol. The van der Waals surface area contributed by atoms with Gasteiger partial charge in [-0.3, -0.25) is 0 Å². The van der Waals surface area contributed by atoms with Crippen molar-refractivity contribution in [2.45, 2.75) is 50.9 Å².